The fourth-order valence-electron chi connectivity index (χ4n) is 1.75. The molecule has 106 valence electrons. The van der Waals surface area contributed by atoms with Crippen molar-refractivity contribution in [2.75, 3.05) is 0 Å². The Kier molecular flexibility index (Phi) is 3.61. The van der Waals surface area contributed by atoms with E-state index in [0.717, 1.165) is 10.4 Å². The molecule has 0 atom stereocenters. The molecule has 7 nitrogen and oxygen atoms in total. The lowest BCUT2D eigenvalue weighted by Gasteiger charge is -2.00. The average molecular weight is 301 g/mol. The lowest BCUT2D eigenvalue weighted by Crippen LogP contribution is -2.16. The topological polar surface area (TPSA) is 95.4 Å². The van der Waals surface area contributed by atoms with Gasteiger partial charge in [-0.3, -0.25) is 0 Å². The molecule has 3 rings (SSSR count). The van der Waals surface area contributed by atoms with E-state index in [-0.39, 0.29) is 12.4 Å². The maximum absolute atomic E-state index is 11.8. The molecular formula is C13H11N5O2S. The molecule has 0 saturated carbocycles. The highest BCUT2D eigenvalue weighted by Crippen LogP contribution is 2.10. The summed E-state index contributed by atoms with van der Waals surface area (Å²) in [5.74, 6) is -0.396. The molecule has 0 radical (unpaired) electrons. The van der Waals surface area contributed by atoms with Crippen molar-refractivity contribution >= 4 is 34.2 Å². The summed E-state index contributed by atoms with van der Waals surface area (Å²) in [5, 5.41) is 13.3. The molecule has 0 saturated heterocycles. The van der Waals surface area contributed by atoms with Crippen molar-refractivity contribution in [1.29, 1.82) is 0 Å². The van der Waals surface area contributed by atoms with Crippen LogP contribution in [0.3, 0.4) is 0 Å². The summed E-state index contributed by atoms with van der Waals surface area (Å²) in [5.41, 5.74) is 7.17. The SMILES string of the molecule is N/C(=N\OC(=O)Cn1nnc2ccccc21)c1cccs1. The van der Waals surface area contributed by atoms with E-state index < -0.39 is 5.97 Å². The first-order chi connectivity index (χ1) is 10.2. The molecule has 0 unspecified atom stereocenters. The zero-order valence-corrected chi connectivity index (χ0v) is 11.7. The van der Waals surface area contributed by atoms with Crippen LogP contribution in [0.4, 0.5) is 0 Å². The Morgan fingerprint density at radius 1 is 1.33 bits per heavy atom. The fraction of sp³-hybridized carbons (Fsp3) is 0.0769. The standard InChI is InChI=1S/C13H11N5O2S/c14-13(11-6-3-7-21-11)16-20-12(19)8-18-10-5-2-1-4-9(10)15-17-18/h1-7H,8H2,(H2,14,16). The van der Waals surface area contributed by atoms with Crippen molar-refractivity contribution in [2.24, 2.45) is 10.9 Å². The lowest BCUT2D eigenvalue weighted by molar-refractivity contribution is -0.144. The maximum Gasteiger partial charge on any atom is 0.356 e. The number of rotatable bonds is 4. The van der Waals surface area contributed by atoms with Gasteiger partial charge in [-0.2, -0.15) is 0 Å². The van der Waals surface area contributed by atoms with E-state index in [9.17, 15) is 4.79 Å². The Balaban J connectivity index is 1.68. The van der Waals surface area contributed by atoms with Gasteiger partial charge in [-0.15, -0.1) is 16.4 Å². The summed E-state index contributed by atoms with van der Waals surface area (Å²) >= 11 is 1.42. The molecule has 0 aliphatic carbocycles. The number of nitrogens with two attached hydrogens (primary N) is 1. The summed E-state index contributed by atoms with van der Waals surface area (Å²) in [6.07, 6.45) is 0. The van der Waals surface area contributed by atoms with Crippen LogP contribution in [0.1, 0.15) is 4.88 Å². The summed E-state index contributed by atoms with van der Waals surface area (Å²) in [6, 6.07) is 11.0. The summed E-state index contributed by atoms with van der Waals surface area (Å²) in [4.78, 5) is 17.3. The second-order valence-corrected chi connectivity index (χ2v) is 5.10. The number of para-hydroxylation sites is 1. The number of thiophene rings is 1. The molecule has 3 aromatic rings. The van der Waals surface area contributed by atoms with Crippen molar-refractivity contribution in [3.8, 4) is 0 Å². The second kappa shape index (κ2) is 5.71. The van der Waals surface area contributed by atoms with E-state index in [2.05, 4.69) is 15.5 Å². The zero-order chi connectivity index (χ0) is 14.7. The van der Waals surface area contributed by atoms with Gasteiger partial charge in [0.2, 0.25) is 0 Å². The van der Waals surface area contributed by atoms with E-state index in [0.29, 0.717) is 5.52 Å². The third kappa shape index (κ3) is 2.90. The predicted octanol–water partition coefficient (Wildman–Crippen LogP) is 1.36. The molecule has 2 aromatic heterocycles. The average Bonchev–Trinajstić information content (AvgIpc) is 3.15. The Morgan fingerprint density at radius 2 is 2.19 bits per heavy atom. The largest absolute Gasteiger partial charge is 0.380 e. The van der Waals surface area contributed by atoms with Crippen molar-refractivity contribution < 1.29 is 9.63 Å². The third-order valence-electron chi connectivity index (χ3n) is 2.72. The zero-order valence-electron chi connectivity index (χ0n) is 10.8. The first kappa shape index (κ1) is 13.3. The molecule has 2 N–H and O–H groups in total. The van der Waals surface area contributed by atoms with Crippen molar-refractivity contribution in [1.82, 2.24) is 15.0 Å². The Labute approximate surface area is 123 Å². The van der Waals surface area contributed by atoms with Gasteiger partial charge in [0, 0.05) is 0 Å². The molecule has 0 spiro atoms. The molecule has 2 heterocycles. The van der Waals surface area contributed by atoms with Gasteiger partial charge < -0.3 is 10.6 Å². The van der Waals surface area contributed by atoms with E-state index in [1.54, 1.807) is 6.07 Å². The maximum atomic E-state index is 11.8. The predicted molar refractivity (Wildman–Crippen MR) is 78.7 cm³/mol. The Morgan fingerprint density at radius 3 is 3.00 bits per heavy atom. The minimum absolute atomic E-state index is 0.0816. The third-order valence-corrected chi connectivity index (χ3v) is 3.61. The highest BCUT2D eigenvalue weighted by molar-refractivity contribution is 7.12. The quantitative estimate of drug-likeness (QED) is 0.340. The monoisotopic (exact) mass is 301 g/mol. The minimum atomic E-state index is -0.565. The van der Waals surface area contributed by atoms with Gasteiger partial charge in [0.1, 0.15) is 12.1 Å². The van der Waals surface area contributed by atoms with Crippen LogP contribution < -0.4 is 5.73 Å². The van der Waals surface area contributed by atoms with E-state index >= 15 is 0 Å². The number of amidine groups is 1. The van der Waals surface area contributed by atoms with E-state index in [4.69, 9.17) is 10.6 Å². The number of hydrogen-bond donors (Lipinski definition) is 1. The normalized spacial score (nSPS) is 11.7. The number of fused-ring (bicyclic) bond motifs is 1. The van der Waals surface area contributed by atoms with Crippen molar-refractivity contribution in [3.05, 3.63) is 46.7 Å². The van der Waals surface area contributed by atoms with Gasteiger partial charge >= 0.3 is 5.97 Å². The molecule has 21 heavy (non-hydrogen) atoms. The van der Waals surface area contributed by atoms with Crippen LogP contribution in [0, 0.1) is 0 Å². The van der Waals surface area contributed by atoms with Gasteiger partial charge in [-0.05, 0) is 23.6 Å². The number of carbonyl (C=O) groups excluding carboxylic acids is 1. The number of aromatic nitrogens is 3. The van der Waals surface area contributed by atoms with Crippen LogP contribution in [0.15, 0.2) is 46.9 Å². The number of benzene rings is 1. The molecule has 0 bridgehead atoms. The molecule has 0 amide bonds. The molecule has 8 heteroatoms. The van der Waals surface area contributed by atoms with Crippen LogP contribution in [0.2, 0.25) is 0 Å². The van der Waals surface area contributed by atoms with Crippen molar-refractivity contribution in [2.45, 2.75) is 6.54 Å². The van der Waals surface area contributed by atoms with Crippen LogP contribution >= 0.6 is 11.3 Å². The number of oxime groups is 1. The molecule has 0 aliphatic heterocycles. The second-order valence-electron chi connectivity index (χ2n) is 4.15. The van der Waals surface area contributed by atoms with Gasteiger partial charge in [0.05, 0.1) is 10.4 Å². The summed E-state index contributed by atoms with van der Waals surface area (Å²) in [6.45, 7) is -0.0816. The lowest BCUT2D eigenvalue weighted by atomic mass is 10.3. The molecule has 0 aliphatic rings. The van der Waals surface area contributed by atoms with E-state index in [1.807, 2.05) is 35.7 Å². The Bertz CT molecular complexity index is 794. The van der Waals surface area contributed by atoms with Gasteiger partial charge in [-0.1, -0.05) is 28.6 Å². The molecule has 0 fully saturated rings. The van der Waals surface area contributed by atoms with Crippen LogP contribution in [0.5, 0.6) is 0 Å². The number of nitrogens with zero attached hydrogens (tertiary/aromatic N) is 4. The van der Waals surface area contributed by atoms with Crippen LogP contribution in [-0.2, 0) is 16.2 Å². The van der Waals surface area contributed by atoms with Crippen molar-refractivity contribution in [3.63, 3.8) is 0 Å². The molecular weight excluding hydrogens is 290 g/mol. The fourth-order valence-corrected chi connectivity index (χ4v) is 2.37. The Hall–Kier alpha value is -2.74. The highest BCUT2D eigenvalue weighted by Gasteiger charge is 2.10. The van der Waals surface area contributed by atoms with E-state index in [1.165, 1.54) is 16.0 Å². The van der Waals surface area contributed by atoms with Crippen LogP contribution in [-0.4, -0.2) is 26.8 Å². The first-order valence-corrected chi connectivity index (χ1v) is 6.97. The highest BCUT2D eigenvalue weighted by atomic mass is 32.1. The van der Waals surface area contributed by atoms with Gasteiger partial charge in [0.25, 0.3) is 0 Å². The summed E-state index contributed by atoms with van der Waals surface area (Å²) < 4.78 is 1.45. The van der Waals surface area contributed by atoms with Crippen LogP contribution in [0.25, 0.3) is 11.0 Å². The number of hydrogen-bond acceptors (Lipinski definition) is 6. The van der Waals surface area contributed by atoms with Gasteiger partial charge in [0.15, 0.2) is 5.84 Å². The van der Waals surface area contributed by atoms with Gasteiger partial charge in [-0.25, -0.2) is 9.48 Å². The minimum Gasteiger partial charge on any atom is -0.380 e. The number of carbonyl (C=O) groups is 1. The first-order valence-electron chi connectivity index (χ1n) is 6.09. The molecule has 1 aromatic carbocycles. The smallest absolute Gasteiger partial charge is 0.356 e. The summed E-state index contributed by atoms with van der Waals surface area (Å²) in [7, 11) is 0.